The zero-order valence-corrected chi connectivity index (χ0v) is 15.2. The summed E-state index contributed by atoms with van der Waals surface area (Å²) < 4.78 is 1.04. The zero-order valence-electron chi connectivity index (χ0n) is 13.1. The summed E-state index contributed by atoms with van der Waals surface area (Å²) >= 11 is 2.23. The number of piperidine rings is 1. The molecule has 1 N–H and O–H groups in total. The molecule has 6 heteroatoms. The zero-order chi connectivity index (χ0) is 16.9. The van der Waals surface area contributed by atoms with Gasteiger partial charge in [-0.2, -0.15) is 5.26 Å². The van der Waals surface area contributed by atoms with Crippen molar-refractivity contribution in [3.05, 3.63) is 51.7 Å². The molecule has 0 unspecified atom stereocenters. The third-order valence-corrected chi connectivity index (χ3v) is 5.14. The van der Waals surface area contributed by atoms with Crippen molar-refractivity contribution in [2.45, 2.75) is 12.8 Å². The van der Waals surface area contributed by atoms with Gasteiger partial charge in [0.2, 0.25) is 5.91 Å². The maximum Gasteiger partial charge on any atom is 0.227 e. The number of para-hydroxylation sites is 1. The van der Waals surface area contributed by atoms with Crippen molar-refractivity contribution in [1.29, 1.82) is 5.26 Å². The Morgan fingerprint density at radius 2 is 2.00 bits per heavy atom. The molecule has 0 aliphatic carbocycles. The van der Waals surface area contributed by atoms with E-state index in [4.69, 9.17) is 5.26 Å². The average molecular weight is 432 g/mol. The van der Waals surface area contributed by atoms with Gasteiger partial charge in [-0.15, -0.1) is 0 Å². The van der Waals surface area contributed by atoms with Gasteiger partial charge in [-0.1, -0.05) is 12.1 Å². The lowest BCUT2D eigenvalue weighted by molar-refractivity contribution is -0.120. The van der Waals surface area contributed by atoms with Gasteiger partial charge in [0.25, 0.3) is 0 Å². The van der Waals surface area contributed by atoms with Crippen LogP contribution in [0.4, 0.5) is 11.5 Å². The van der Waals surface area contributed by atoms with Crippen molar-refractivity contribution >= 4 is 40.0 Å². The summed E-state index contributed by atoms with van der Waals surface area (Å²) in [6.07, 6.45) is 3.19. The van der Waals surface area contributed by atoms with Crippen molar-refractivity contribution in [3.63, 3.8) is 0 Å². The summed E-state index contributed by atoms with van der Waals surface area (Å²) in [7, 11) is 0. The Morgan fingerprint density at radius 3 is 2.62 bits per heavy atom. The number of carbonyl (C=O) groups excluding carboxylic acids is 1. The van der Waals surface area contributed by atoms with Crippen LogP contribution < -0.4 is 10.2 Å². The molecule has 1 aliphatic heterocycles. The number of hydrogen-bond donors (Lipinski definition) is 1. The van der Waals surface area contributed by atoms with Crippen LogP contribution in [0.5, 0.6) is 0 Å². The molecule has 0 bridgehead atoms. The summed E-state index contributed by atoms with van der Waals surface area (Å²) in [5.74, 6) is 0.979. The van der Waals surface area contributed by atoms with Gasteiger partial charge in [0.05, 0.1) is 11.3 Å². The molecule has 122 valence electrons. The van der Waals surface area contributed by atoms with Gasteiger partial charge in [0.1, 0.15) is 11.9 Å². The lowest BCUT2D eigenvalue weighted by atomic mass is 9.95. The fourth-order valence-corrected chi connectivity index (χ4v) is 3.33. The van der Waals surface area contributed by atoms with E-state index >= 15 is 0 Å². The van der Waals surface area contributed by atoms with Gasteiger partial charge < -0.3 is 10.2 Å². The molecule has 0 spiro atoms. The second-order valence-electron chi connectivity index (χ2n) is 5.75. The molecule has 0 saturated carbocycles. The Hall–Kier alpha value is -2.14. The molecule has 5 nitrogen and oxygen atoms in total. The van der Waals surface area contributed by atoms with E-state index in [1.54, 1.807) is 12.3 Å². The van der Waals surface area contributed by atoms with Gasteiger partial charge in [-0.25, -0.2) is 4.98 Å². The number of carbonyl (C=O) groups is 1. The second kappa shape index (κ2) is 7.62. The SMILES string of the molecule is N#Cc1ccc(N2CCC(C(=O)Nc3ccccc3I)CC2)nc1. The smallest absolute Gasteiger partial charge is 0.227 e. The van der Waals surface area contributed by atoms with Crippen LogP contribution in [0.1, 0.15) is 18.4 Å². The fraction of sp³-hybridized carbons (Fsp3) is 0.278. The van der Waals surface area contributed by atoms with Gasteiger partial charge >= 0.3 is 0 Å². The Balaban J connectivity index is 1.57. The number of rotatable bonds is 3. The standard InChI is InChI=1S/C18H17IN4O/c19-15-3-1-2-4-16(15)22-18(24)14-7-9-23(10-8-14)17-6-5-13(11-20)12-21-17/h1-6,12,14H,7-10H2,(H,22,24). The first-order chi connectivity index (χ1) is 11.7. The Labute approximate surface area is 154 Å². The van der Waals surface area contributed by atoms with E-state index in [0.29, 0.717) is 5.56 Å². The molecular formula is C18H17IN4O. The largest absolute Gasteiger partial charge is 0.357 e. The number of pyridine rings is 1. The first-order valence-corrected chi connectivity index (χ1v) is 8.92. The van der Waals surface area contributed by atoms with E-state index in [-0.39, 0.29) is 11.8 Å². The number of aromatic nitrogens is 1. The summed E-state index contributed by atoms with van der Waals surface area (Å²) in [6, 6.07) is 13.5. The van der Waals surface area contributed by atoms with Crippen LogP contribution in [0, 0.1) is 20.8 Å². The molecule has 2 aromatic rings. The number of halogens is 1. The molecule has 0 atom stereocenters. The number of hydrogen-bond acceptors (Lipinski definition) is 4. The summed E-state index contributed by atoms with van der Waals surface area (Å²) in [5.41, 5.74) is 1.43. The molecule has 1 aromatic carbocycles. The maximum atomic E-state index is 12.5. The van der Waals surface area contributed by atoms with E-state index in [9.17, 15) is 4.79 Å². The van der Waals surface area contributed by atoms with Gasteiger partial charge in [-0.3, -0.25) is 4.79 Å². The van der Waals surface area contributed by atoms with Crippen LogP contribution in [0.25, 0.3) is 0 Å². The topological polar surface area (TPSA) is 69.0 Å². The Morgan fingerprint density at radius 1 is 1.25 bits per heavy atom. The van der Waals surface area contributed by atoms with Crippen LogP contribution in [0.2, 0.25) is 0 Å². The predicted molar refractivity (Wildman–Crippen MR) is 102 cm³/mol. The molecule has 1 aliphatic rings. The molecule has 1 aromatic heterocycles. The minimum atomic E-state index is 0.0237. The molecule has 1 amide bonds. The molecular weight excluding hydrogens is 415 g/mol. The summed E-state index contributed by atoms with van der Waals surface area (Å²) in [5, 5.41) is 11.9. The van der Waals surface area contributed by atoms with Crippen molar-refractivity contribution in [3.8, 4) is 6.07 Å². The lowest BCUT2D eigenvalue weighted by Gasteiger charge is -2.32. The Bertz CT molecular complexity index is 761. The number of nitrogens with zero attached hydrogens (tertiary/aromatic N) is 3. The number of nitriles is 1. The van der Waals surface area contributed by atoms with E-state index < -0.39 is 0 Å². The first kappa shape index (κ1) is 16.7. The van der Waals surface area contributed by atoms with E-state index in [0.717, 1.165) is 41.0 Å². The maximum absolute atomic E-state index is 12.5. The highest BCUT2D eigenvalue weighted by Crippen LogP contribution is 2.24. The molecule has 0 radical (unpaired) electrons. The molecule has 1 saturated heterocycles. The third-order valence-electron chi connectivity index (χ3n) is 4.20. The van der Waals surface area contributed by atoms with E-state index in [1.165, 1.54) is 0 Å². The quantitative estimate of drug-likeness (QED) is 0.755. The Kier molecular flexibility index (Phi) is 5.30. The minimum Gasteiger partial charge on any atom is -0.357 e. The van der Waals surface area contributed by atoms with Gasteiger partial charge in [0.15, 0.2) is 0 Å². The first-order valence-electron chi connectivity index (χ1n) is 7.84. The fourth-order valence-electron chi connectivity index (χ4n) is 2.81. The average Bonchev–Trinajstić information content (AvgIpc) is 2.64. The molecule has 1 fully saturated rings. The van der Waals surface area contributed by atoms with Crippen LogP contribution >= 0.6 is 22.6 Å². The van der Waals surface area contributed by atoms with Crippen LogP contribution in [0.3, 0.4) is 0 Å². The minimum absolute atomic E-state index is 0.0237. The van der Waals surface area contributed by atoms with Crippen molar-refractivity contribution in [2.75, 3.05) is 23.3 Å². The number of benzene rings is 1. The number of amides is 1. The highest BCUT2D eigenvalue weighted by atomic mass is 127. The van der Waals surface area contributed by atoms with Gasteiger partial charge in [-0.05, 0) is 59.7 Å². The van der Waals surface area contributed by atoms with Crippen molar-refractivity contribution in [2.24, 2.45) is 5.92 Å². The van der Waals surface area contributed by atoms with E-state index in [2.05, 4.69) is 43.9 Å². The predicted octanol–water partition coefficient (Wildman–Crippen LogP) is 3.41. The molecule has 2 heterocycles. The van der Waals surface area contributed by atoms with Gasteiger partial charge in [0, 0.05) is 28.8 Å². The van der Waals surface area contributed by atoms with Crippen molar-refractivity contribution < 1.29 is 4.79 Å². The van der Waals surface area contributed by atoms with E-state index in [1.807, 2.05) is 30.3 Å². The van der Waals surface area contributed by atoms with Crippen molar-refractivity contribution in [1.82, 2.24) is 4.98 Å². The van der Waals surface area contributed by atoms with Crippen LogP contribution in [-0.4, -0.2) is 24.0 Å². The van der Waals surface area contributed by atoms with Crippen LogP contribution in [-0.2, 0) is 4.79 Å². The summed E-state index contributed by atoms with van der Waals surface area (Å²) in [4.78, 5) is 18.9. The number of anilines is 2. The molecule has 24 heavy (non-hydrogen) atoms. The third kappa shape index (κ3) is 3.85. The normalized spacial score (nSPS) is 14.9. The molecule has 3 rings (SSSR count). The number of nitrogens with one attached hydrogen (secondary N) is 1. The van der Waals surface area contributed by atoms with Crippen LogP contribution in [0.15, 0.2) is 42.6 Å². The highest BCUT2D eigenvalue weighted by molar-refractivity contribution is 14.1. The monoisotopic (exact) mass is 432 g/mol. The lowest BCUT2D eigenvalue weighted by Crippen LogP contribution is -2.38. The summed E-state index contributed by atoms with van der Waals surface area (Å²) in [6.45, 7) is 1.59. The second-order valence-corrected chi connectivity index (χ2v) is 6.91. The highest BCUT2D eigenvalue weighted by Gasteiger charge is 2.25.